The maximum absolute atomic E-state index is 7.04. The van der Waals surface area contributed by atoms with Gasteiger partial charge in [-0.15, -0.1) is 0 Å². The number of anilines is 6. The van der Waals surface area contributed by atoms with Crippen molar-refractivity contribution < 1.29 is 8.83 Å². The molecular formula is C107H70N2O2. The largest absolute Gasteiger partial charge is 0.456 e. The van der Waals surface area contributed by atoms with Gasteiger partial charge in [-0.3, -0.25) is 0 Å². The van der Waals surface area contributed by atoms with Crippen LogP contribution in [0.25, 0.3) is 144 Å². The fourth-order valence-corrected chi connectivity index (χ4v) is 17.5. The number of hydrogen-bond donors (Lipinski definition) is 0. The molecule has 0 spiro atoms. The lowest BCUT2D eigenvalue weighted by molar-refractivity contribution is 0.668. The average Bonchev–Trinajstić information content (AvgIpc) is 1.54. The van der Waals surface area contributed by atoms with Crippen molar-refractivity contribution in [3.63, 3.8) is 0 Å². The van der Waals surface area contributed by atoms with Gasteiger partial charge in [0.1, 0.15) is 22.3 Å². The summed E-state index contributed by atoms with van der Waals surface area (Å²) in [5.41, 5.74) is 32.1. The Morgan fingerprint density at radius 2 is 0.568 bits per heavy atom. The first-order valence-corrected chi connectivity index (χ1v) is 38.1. The molecule has 0 fully saturated rings. The number of para-hydroxylation sites is 1. The van der Waals surface area contributed by atoms with E-state index in [4.69, 9.17) is 8.83 Å². The molecule has 1 aliphatic carbocycles. The van der Waals surface area contributed by atoms with E-state index in [1.807, 2.05) is 6.07 Å². The molecule has 2 aromatic heterocycles. The second kappa shape index (κ2) is 27.0. The summed E-state index contributed by atoms with van der Waals surface area (Å²) in [6, 6.07) is 155. The van der Waals surface area contributed by atoms with Crippen LogP contribution in [0.3, 0.4) is 0 Å². The van der Waals surface area contributed by atoms with Crippen molar-refractivity contribution in [3.05, 3.63) is 447 Å². The first-order chi connectivity index (χ1) is 55.0. The van der Waals surface area contributed by atoms with Gasteiger partial charge < -0.3 is 18.6 Å². The van der Waals surface area contributed by atoms with Gasteiger partial charge in [-0.25, -0.2) is 0 Å². The van der Waals surface area contributed by atoms with Crippen LogP contribution in [0, 0.1) is 0 Å². The van der Waals surface area contributed by atoms with E-state index >= 15 is 0 Å². The molecule has 1 aliphatic rings. The van der Waals surface area contributed by atoms with E-state index in [-0.39, 0.29) is 0 Å². The molecular weight excluding hydrogens is 1350 g/mol. The molecule has 0 saturated heterocycles. The predicted molar refractivity (Wildman–Crippen MR) is 463 cm³/mol. The first-order valence-electron chi connectivity index (χ1n) is 38.1. The number of benzene rings is 18. The van der Waals surface area contributed by atoms with Gasteiger partial charge in [0.25, 0.3) is 0 Å². The van der Waals surface area contributed by atoms with Crippen molar-refractivity contribution in [1.82, 2.24) is 0 Å². The number of fused-ring (bicyclic) bond motifs is 10. The summed E-state index contributed by atoms with van der Waals surface area (Å²) in [5.74, 6) is 0. The van der Waals surface area contributed by atoms with Crippen LogP contribution in [0.2, 0.25) is 0 Å². The third-order valence-electron chi connectivity index (χ3n) is 22.8. The first kappa shape index (κ1) is 64.8. The highest BCUT2D eigenvalue weighted by Crippen LogP contribution is 2.58. The highest BCUT2D eigenvalue weighted by molar-refractivity contribution is 6.12. The molecule has 520 valence electrons. The van der Waals surface area contributed by atoms with Crippen LogP contribution in [-0.2, 0) is 5.41 Å². The van der Waals surface area contributed by atoms with E-state index < -0.39 is 5.41 Å². The molecule has 0 bridgehead atoms. The van der Waals surface area contributed by atoms with E-state index in [9.17, 15) is 0 Å². The van der Waals surface area contributed by atoms with Crippen LogP contribution >= 0.6 is 0 Å². The quantitative estimate of drug-likeness (QED) is 0.102. The second-order valence-electron chi connectivity index (χ2n) is 29.0. The third-order valence-corrected chi connectivity index (χ3v) is 22.8. The van der Waals surface area contributed by atoms with Gasteiger partial charge in [0, 0.05) is 61.6 Å². The Balaban J connectivity index is 0.679. The van der Waals surface area contributed by atoms with Gasteiger partial charge in [0.05, 0.1) is 11.1 Å². The minimum atomic E-state index is -0.704. The van der Waals surface area contributed by atoms with Gasteiger partial charge in [-0.05, 0) is 214 Å². The lowest BCUT2D eigenvalue weighted by Crippen LogP contribution is -2.28. The average molecular weight is 1420 g/mol. The Bertz CT molecular complexity index is 6870. The van der Waals surface area contributed by atoms with Crippen LogP contribution in [0.5, 0.6) is 0 Å². The van der Waals surface area contributed by atoms with Crippen LogP contribution in [0.15, 0.2) is 433 Å². The molecule has 111 heavy (non-hydrogen) atoms. The zero-order chi connectivity index (χ0) is 73.4. The van der Waals surface area contributed by atoms with Gasteiger partial charge in [-0.2, -0.15) is 0 Å². The van der Waals surface area contributed by atoms with Gasteiger partial charge >= 0.3 is 0 Å². The fraction of sp³-hybridized carbons (Fsp3) is 0.00935. The Kier molecular flexibility index (Phi) is 15.8. The number of furan rings is 2. The summed E-state index contributed by atoms with van der Waals surface area (Å²) in [4.78, 5) is 4.81. The third kappa shape index (κ3) is 11.2. The number of nitrogens with zero attached hydrogens (tertiary/aromatic N) is 2. The Hall–Kier alpha value is -14.6. The van der Waals surface area contributed by atoms with Crippen molar-refractivity contribution in [2.75, 3.05) is 9.80 Å². The summed E-state index contributed by atoms with van der Waals surface area (Å²) in [5, 5.41) is 6.76. The van der Waals surface area contributed by atoms with E-state index in [0.717, 1.165) is 139 Å². The lowest BCUT2D eigenvalue weighted by atomic mass is 9.67. The van der Waals surface area contributed by atoms with Crippen molar-refractivity contribution in [2.45, 2.75) is 5.41 Å². The summed E-state index contributed by atoms with van der Waals surface area (Å²) in [7, 11) is 0. The fourth-order valence-electron chi connectivity index (χ4n) is 17.5. The van der Waals surface area contributed by atoms with E-state index in [1.165, 1.54) is 60.8 Å². The van der Waals surface area contributed by atoms with Crippen molar-refractivity contribution in [2.24, 2.45) is 0 Å². The maximum atomic E-state index is 7.04. The van der Waals surface area contributed by atoms with Gasteiger partial charge in [-0.1, -0.05) is 322 Å². The summed E-state index contributed by atoms with van der Waals surface area (Å²) in [6.45, 7) is 0. The maximum Gasteiger partial charge on any atom is 0.137 e. The predicted octanol–water partition coefficient (Wildman–Crippen LogP) is 29.6. The smallest absolute Gasteiger partial charge is 0.137 e. The summed E-state index contributed by atoms with van der Waals surface area (Å²) in [6.07, 6.45) is 0. The zero-order valence-electron chi connectivity index (χ0n) is 60.6. The Labute approximate surface area is 644 Å². The molecule has 20 aromatic rings. The van der Waals surface area contributed by atoms with E-state index in [2.05, 4.69) is 428 Å². The molecule has 0 radical (unpaired) electrons. The van der Waals surface area contributed by atoms with Crippen LogP contribution in [0.4, 0.5) is 34.1 Å². The molecule has 4 nitrogen and oxygen atoms in total. The minimum Gasteiger partial charge on any atom is -0.456 e. The molecule has 1 atom stereocenters. The van der Waals surface area contributed by atoms with Crippen molar-refractivity contribution in [3.8, 4) is 89.0 Å². The monoisotopic (exact) mass is 1410 g/mol. The molecule has 4 heteroatoms. The second-order valence-corrected chi connectivity index (χ2v) is 29.0. The summed E-state index contributed by atoms with van der Waals surface area (Å²) < 4.78 is 13.6. The molecule has 0 saturated carbocycles. The van der Waals surface area contributed by atoms with Gasteiger partial charge in [0.15, 0.2) is 0 Å². The minimum absolute atomic E-state index is 0.704. The molecule has 21 rings (SSSR count). The van der Waals surface area contributed by atoms with Crippen molar-refractivity contribution in [1.29, 1.82) is 0 Å². The van der Waals surface area contributed by atoms with Crippen LogP contribution in [0.1, 0.15) is 22.3 Å². The topological polar surface area (TPSA) is 32.8 Å². The normalized spacial score (nSPS) is 13.1. The van der Waals surface area contributed by atoms with E-state index in [1.54, 1.807) is 0 Å². The number of rotatable bonds is 15. The highest BCUT2D eigenvalue weighted by Gasteiger charge is 2.46. The SMILES string of the molecule is c1ccc(-c2ccc(N(c3ccc(-c4cc5oc6ccccc6c5cc4-c4ccccc4)cc3)c3ccc4c(c3)C(c3ccccc3)(c3ccc(-c5ccc6oc7cc(N(c8ccc(-c9ccccc9)cc8)c8ccc(-c9cccc%10ccccc9%10)cc8)c(-c8ccccc8)cc7c6c5)cc3)c3ccccc3-4)cc2)cc1. The Morgan fingerprint density at radius 3 is 1.21 bits per heavy atom. The molecule has 0 aliphatic heterocycles. The van der Waals surface area contributed by atoms with E-state index in [0.29, 0.717) is 0 Å². The molecule has 18 aromatic carbocycles. The Morgan fingerprint density at radius 1 is 0.180 bits per heavy atom. The lowest BCUT2D eigenvalue weighted by Gasteiger charge is -2.35. The molecule has 0 N–H and O–H groups in total. The molecule has 2 heterocycles. The molecule has 0 amide bonds. The van der Waals surface area contributed by atoms with Crippen LogP contribution < -0.4 is 9.80 Å². The van der Waals surface area contributed by atoms with Crippen LogP contribution in [-0.4, -0.2) is 0 Å². The molecule has 1 unspecified atom stereocenters. The highest BCUT2D eigenvalue weighted by atomic mass is 16.3. The summed E-state index contributed by atoms with van der Waals surface area (Å²) >= 11 is 0. The van der Waals surface area contributed by atoms with Gasteiger partial charge in [0.2, 0.25) is 0 Å². The van der Waals surface area contributed by atoms with Crippen molar-refractivity contribution >= 4 is 88.8 Å². The zero-order valence-corrected chi connectivity index (χ0v) is 60.6. The number of hydrogen-bond acceptors (Lipinski definition) is 4. The standard InChI is InChI=1S/C107H70N2O2/c1-6-23-71(24-7-1)73-43-54-84(55-44-73)108(85-58-49-80(50-59-85)95-69-105-98(93-37-19-21-40-103(93)110-105)67-94(95)77-27-10-3-11-28-77)88-62-63-92-91-36-18-20-39-100(91)107(101(92)66-88,82-33-14-5-15-34-82)83-52-41-75(42-53-83)81-51-64-104-97(65-81)99-68-96(78-29-12-4-13-30-78)102(70-106(99)111-104)109(86-56-45-74(46-57-86)72-25-8-2-9-26-72)87-60-47-79(48-61-87)90-38-22-32-76-31-16-17-35-89(76)90/h1-70H.